The number of nitrogens with two attached hydrogens (primary N) is 1. The summed E-state index contributed by atoms with van der Waals surface area (Å²) in [7, 11) is 1.92. The zero-order valence-electron chi connectivity index (χ0n) is 11.8. The molecule has 0 saturated carbocycles. The molecule has 1 unspecified atom stereocenters. The van der Waals surface area contributed by atoms with Crippen molar-refractivity contribution >= 4 is 0 Å². The lowest BCUT2D eigenvalue weighted by atomic mass is 10.1. The highest BCUT2D eigenvalue weighted by Gasteiger charge is 2.08. The summed E-state index contributed by atoms with van der Waals surface area (Å²) in [5.74, 6) is 0.888. The van der Waals surface area contributed by atoms with Gasteiger partial charge in [-0.05, 0) is 31.0 Å². The maximum absolute atomic E-state index is 5.96. The van der Waals surface area contributed by atoms with Crippen molar-refractivity contribution in [3.8, 4) is 5.75 Å². The first-order valence-electron chi connectivity index (χ1n) is 6.52. The Morgan fingerprint density at radius 3 is 2.84 bits per heavy atom. The van der Waals surface area contributed by atoms with E-state index in [1.165, 1.54) is 11.1 Å². The number of aromatic nitrogens is 2. The number of ether oxygens (including phenoxy) is 1. The molecule has 0 saturated heterocycles. The number of nitrogens with zero attached hydrogens (tertiary/aromatic N) is 2. The highest BCUT2D eigenvalue weighted by atomic mass is 16.5. The SMILES string of the molecule is Cc1ccc(C(C)N)c(OCCc2cnn(C)c2)c1. The van der Waals surface area contributed by atoms with Gasteiger partial charge in [0.25, 0.3) is 0 Å². The van der Waals surface area contributed by atoms with E-state index in [4.69, 9.17) is 10.5 Å². The molecule has 4 heteroatoms. The van der Waals surface area contributed by atoms with Crippen molar-refractivity contribution in [3.63, 3.8) is 0 Å². The largest absolute Gasteiger partial charge is 0.493 e. The number of rotatable bonds is 5. The number of hydrogen-bond donors (Lipinski definition) is 1. The summed E-state index contributed by atoms with van der Waals surface area (Å²) < 4.78 is 7.68. The van der Waals surface area contributed by atoms with E-state index in [1.807, 2.05) is 38.5 Å². The normalized spacial score (nSPS) is 12.4. The molecule has 0 aliphatic rings. The molecule has 0 bridgehead atoms. The molecule has 2 N–H and O–H groups in total. The van der Waals surface area contributed by atoms with Gasteiger partial charge in [-0.15, -0.1) is 0 Å². The average molecular weight is 259 g/mol. The van der Waals surface area contributed by atoms with Gasteiger partial charge in [0.1, 0.15) is 5.75 Å². The lowest BCUT2D eigenvalue weighted by Crippen LogP contribution is -2.09. The lowest BCUT2D eigenvalue weighted by molar-refractivity contribution is 0.317. The highest BCUT2D eigenvalue weighted by molar-refractivity contribution is 5.38. The Bertz CT molecular complexity index is 546. The quantitative estimate of drug-likeness (QED) is 0.897. The van der Waals surface area contributed by atoms with Crippen molar-refractivity contribution < 1.29 is 4.74 Å². The van der Waals surface area contributed by atoms with E-state index < -0.39 is 0 Å². The van der Waals surface area contributed by atoms with Crippen LogP contribution >= 0.6 is 0 Å². The van der Waals surface area contributed by atoms with Gasteiger partial charge in [0.15, 0.2) is 0 Å². The summed E-state index contributed by atoms with van der Waals surface area (Å²) in [5, 5.41) is 4.14. The lowest BCUT2D eigenvalue weighted by Gasteiger charge is -2.14. The van der Waals surface area contributed by atoms with E-state index in [2.05, 4.69) is 18.1 Å². The predicted octanol–water partition coefficient (Wildman–Crippen LogP) is 2.37. The molecular weight excluding hydrogens is 238 g/mol. The van der Waals surface area contributed by atoms with Crippen molar-refractivity contribution in [1.29, 1.82) is 0 Å². The second kappa shape index (κ2) is 5.89. The van der Waals surface area contributed by atoms with Gasteiger partial charge in [0.05, 0.1) is 12.8 Å². The van der Waals surface area contributed by atoms with Crippen molar-refractivity contribution in [1.82, 2.24) is 9.78 Å². The van der Waals surface area contributed by atoms with E-state index in [9.17, 15) is 0 Å². The smallest absolute Gasteiger partial charge is 0.124 e. The average Bonchev–Trinajstić information content (AvgIpc) is 2.75. The molecule has 1 heterocycles. The molecule has 1 atom stereocenters. The molecule has 0 radical (unpaired) electrons. The van der Waals surface area contributed by atoms with Gasteiger partial charge < -0.3 is 10.5 Å². The second-order valence-corrected chi connectivity index (χ2v) is 4.95. The van der Waals surface area contributed by atoms with Crippen LogP contribution in [0.4, 0.5) is 0 Å². The molecule has 102 valence electrons. The van der Waals surface area contributed by atoms with Gasteiger partial charge in [0.2, 0.25) is 0 Å². The summed E-state index contributed by atoms with van der Waals surface area (Å²) in [5.41, 5.74) is 9.37. The van der Waals surface area contributed by atoms with E-state index in [0.717, 1.165) is 17.7 Å². The van der Waals surface area contributed by atoms with Gasteiger partial charge >= 0.3 is 0 Å². The minimum Gasteiger partial charge on any atom is -0.493 e. The molecular formula is C15H21N3O. The van der Waals surface area contributed by atoms with E-state index in [-0.39, 0.29) is 6.04 Å². The Hall–Kier alpha value is -1.81. The van der Waals surface area contributed by atoms with Crippen molar-refractivity contribution in [2.24, 2.45) is 12.8 Å². The van der Waals surface area contributed by atoms with Crippen LogP contribution in [-0.2, 0) is 13.5 Å². The van der Waals surface area contributed by atoms with Crippen LogP contribution in [0.1, 0.15) is 29.7 Å². The van der Waals surface area contributed by atoms with Gasteiger partial charge in [-0.25, -0.2) is 0 Å². The van der Waals surface area contributed by atoms with E-state index in [0.29, 0.717) is 6.61 Å². The van der Waals surface area contributed by atoms with Crippen molar-refractivity contribution in [2.75, 3.05) is 6.61 Å². The molecule has 0 fully saturated rings. The van der Waals surface area contributed by atoms with Crippen LogP contribution in [-0.4, -0.2) is 16.4 Å². The number of hydrogen-bond acceptors (Lipinski definition) is 3. The summed E-state index contributed by atoms with van der Waals surface area (Å²) in [6.45, 7) is 4.66. The predicted molar refractivity (Wildman–Crippen MR) is 76.2 cm³/mol. The number of aryl methyl sites for hydroxylation is 2. The van der Waals surface area contributed by atoms with Crippen molar-refractivity contribution in [2.45, 2.75) is 26.3 Å². The fraction of sp³-hybridized carbons (Fsp3) is 0.400. The molecule has 1 aromatic heterocycles. The molecule has 19 heavy (non-hydrogen) atoms. The van der Waals surface area contributed by atoms with E-state index in [1.54, 1.807) is 4.68 Å². The molecule has 0 aliphatic heterocycles. The zero-order valence-corrected chi connectivity index (χ0v) is 11.8. The van der Waals surface area contributed by atoms with E-state index >= 15 is 0 Å². The Morgan fingerprint density at radius 1 is 1.42 bits per heavy atom. The molecule has 1 aromatic carbocycles. The van der Waals surface area contributed by atoms with Crippen LogP contribution in [0.2, 0.25) is 0 Å². The maximum atomic E-state index is 5.96. The first-order valence-corrected chi connectivity index (χ1v) is 6.52. The third kappa shape index (κ3) is 3.58. The zero-order chi connectivity index (χ0) is 13.8. The molecule has 0 amide bonds. The summed E-state index contributed by atoms with van der Waals surface area (Å²) in [6, 6.07) is 6.13. The fourth-order valence-corrected chi connectivity index (χ4v) is 2.02. The summed E-state index contributed by atoms with van der Waals surface area (Å²) in [6.07, 6.45) is 4.72. The first kappa shape index (κ1) is 13.6. The Labute approximate surface area is 114 Å². The molecule has 4 nitrogen and oxygen atoms in total. The standard InChI is InChI=1S/C15H21N3O/c1-11-4-5-14(12(2)16)15(8-11)19-7-6-13-9-17-18(3)10-13/h4-5,8-10,12H,6-7,16H2,1-3H3. The summed E-state index contributed by atoms with van der Waals surface area (Å²) >= 11 is 0. The van der Waals surface area contributed by atoms with Gasteiger partial charge in [-0.2, -0.15) is 5.10 Å². The Balaban J connectivity index is 2.00. The van der Waals surface area contributed by atoms with Crippen LogP contribution in [0, 0.1) is 6.92 Å². The molecule has 0 aliphatic carbocycles. The van der Waals surface area contributed by atoms with Crippen LogP contribution in [0.3, 0.4) is 0 Å². The first-order chi connectivity index (χ1) is 9.06. The molecule has 2 rings (SSSR count). The van der Waals surface area contributed by atoms with Crippen molar-refractivity contribution in [3.05, 3.63) is 47.3 Å². The number of benzene rings is 1. The maximum Gasteiger partial charge on any atom is 0.124 e. The monoisotopic (exact) mass is 259 g/mol. The second-order valence-electron chi connectivity index (χ2n) is 4.95. The third-order valence-electron chi connectivity index (χ3n) is 3.07. The van der Waals surface area contributed by atoms with Crippen LogP contribution in [0.5, 0.6) is 5.75 Å². The third-order valence-corrected chi connectivity index (χ3v) is 3.07. The van der Waals surface area contributed by atoms with Gasteiger partial charge in [-0.3, -0.25) is 4.68 Å². The minimum atomic E-state index is -0.0195. The van der Waals surface area contributed by atoms with Crippen LogP contribution < -0.4 is 10.5 Å². The van der Waals surface area contributed by atoms with Gasteiger partial charge in [0, 0.05) is 31.3 Å². The van der Waals surface area contributed by atoms with Crippen LogP contribution in [0.15, 0.2) is 30.6 Å². The van der Waals surface area contributed by atoms with Gasteiger partial charge in [-0.1, -0.05) is 12.1 Å². The minimum absolute atomic E-state index is 0.0195. The topological polar surface area (TPSA) is 53.1 Å². The fourth-order valence-electron chi connectivity index (χ4n) is 2.02. The molecule has 2 aromatic rings. The summed E-state index contributed by atoms with van der Waals surface area (Å²) in [4.78, 5) is 0. The van der Waals surface area contributed by atoms with Crippen LogP contribution in [0.25, 0.3) is 0 Å². The molecule has 0 spiro atoms. The Morgan fingerprint density at radius 2 is 2.21 bits per heavy atom. The Kier molecular flexibility index (Phi) is 4.22. The highest BCUT2D eigenvalue weighted by Crippen LogP contribution is 2.25.